The van der Waals surface area contributed by atoms with Gasteiger partial charge in [0.25, 0.3) is 0 Å². The van der Waals surface area contributed by atoms with Crippen molar-refractivity contribution in [2.45, 2.75) is 19.4 Å². The molecule has 3 nitrogen and oxygen atoms in total. The van der Waals surface area contributed by atoms with Gasteiger partial charge in [0.1, 0.15) is 0 Å². The van der Waals surface area contributed by atoms with Crippen LogP contribution in [-0.2, 0) is 0 Å². The number of hydrogen-bond donors (Lipinski definition) is 3. The van der Waals surface area contributed by atoms with Gasteiger partial charge in [-0.1, -0.05) is 6.92 Å². The van der Waals surface area contributed by atoms with Crippen molar-refractivity contribution in [1.29, 1.82) is 0 Å². The number of hydrogen-bond acceptors (Lipinski definition) is 3. The highest BCUT2D eigenvalue weighted by atomic mass is 15.4. The average molecular weight is 143 g/mol. The molecule has 1 aliphatic carbocycles. The van der Waals surface area contributed by atoms with Crippen LogP contribution < -0.4 is 16.2 Å². The van der Waals surface area contributed by atoms with Crippen LogP contribution in [-0.4, -0.2) is 26.2 Å². The molecule has 0 radical (unpaired) electrons. The van der Waals surface area contributed by atoms with E-state index in [0.717, 1.165) is 19.0 Å². The van der Waals surface area contributed by atoms with Crippen LogP contribution in [0.2, 0.25) is 0 Å². The predicted octanol–water partition coefficient (Wildman–Crippen LogP) is -0.292. The van der Waals surface area contributed by atoms with Gasteiger partial charge >= 0.3 is 0 Å². The molecule has 10 heavy (non-hydrogen) atoms. The summed E-state index contributed by atoms with van der Waals surface area (Å²) in [6, 6.07) is 0.715. The van der Waals surface area contributed by atoms with E-state index in [4.69, 9.17) is 0 Å². The molecule has 0 aliphatic heterocycles. The van der Waals surface area contributed by atoms with Gasteiger partial charge in [-0.2, -0.15) is 0 Å². The van der Waals surface area contributed by atoms with E-state index in [9.17, 15) is 0 Å². The van der Waals surface area contributed by atoms with Crippen LogP contribution in [0.1, 0.15) is 13.3 Å². The van der Waals surface area contributed by atoms with E-state index in [1.54, 1.807) is 0 Å². The summed E-state index contributed by atoms with van der Waals surface area (Å²) in [7, 11) is 2.00. The zero-order chi connectivity index (χ0) is 7.40. The van der Waals surface area contributed by atoms with Crippen molar-refractivity contribution in [1.82, 2.24) is 16.2 Å². The third-order valence-corrected chi connectivity index (χ3v) is 1.85. The summed E-state index contributed by atoms with van der Waals surface area (Å²) >= 11 is 0. The first-order chi connectivity index (χ1) is 4.88. The van der Waals surface area contributed by atoms with Gasteiger partial charge in [0.15, 0.2) is 0 Å². The number of hydrazine groups is 1. The average Bonchev–Trinajstić information content (AvgIpc) is 2.65. The van der Waals surface area contributed by atoms with Crippen molar-refractivity contribution in [2.75, 3.05) is 20.1 Å². The summed E-state index contributed by atoms with van der Waals surface area (Å²) in [6.45, 7) is 4.24. The number of nitrogens with one attached hydrogen (secondary N) is 3. The molecule has 1 fully saturated rings. The fraction of sp³-hybridized carbons (Fsp3) is 1.00. The molecule has 0 bridgehead atoms. The molecule has 0 aromatic rings. The molecule has 1 aliphatic rings. The van der Waals surface area contributed by atoms with Gasteiger partial charge < -0.3 is 5.32 Å². The maximum absolute atomic E-state index is 3.25. The molecule has 0 amide bonds. The van der Waals surface area contributed by atoms with Crippen molar-refractivity contribution in [3.8, 4) is 0 Å². The van der Waals surface area contributed by atoms with E-state index in [-0.39, 0.29) is 0 Å². The Kier molecular flexibility index (Phi) is 3.12. The minimum atomic E-state index is 0.715. The molecule has 0 saturated heterocycles. The summed E-state index contributed by atoms with van der Waals surface area (Å²) in [5.41, 5.74) is 6.37. The normalized spacial score (nSPS) is 30.6. The summed E-state index contributed by atoms with van der Waals surface area (Å²) in [4.78, 5) is 0. The fourth-order valence-corrected chi connectivity index (χ4v) is 1.15. The van der Waals surface area contributed by atoms with Crippen LogP contribution in [0.5, 0.6) is 0 Å². The second kappa shape index (κ2) is 3.91. The SMILES string of the molecule is CCNNC1CC1CNC. The van der Waals surface area contributed by atoms with Gasteiger partial charge in [-0.3, -0.25) is 10.9 Å². The van der Waals surface area contributed by atoms with E-state index >= 15 is 0 Å². The zero-order valence-electron chi connectivity index (χ0n) is 6.78. The molecule has 3 N–H and O–H groups in total. The topological polar surface area (TPSA) is 36.1 Å². The lowest BCUT2D eigenvalue weighted by Crippen LogP contribution is -2.35. The monoisotopic (exact) mass is 143 g/mol. The molecule has 2 unspecified atom stereocenters. The molecular weight excluding hydrogens is 126 g/mol. The first-order valence-electron chi connectivity index (χ1n) is 4.01. The number of rotatable bonds is 5. The Labute approximate surface area is 62.5 Å². The smallest absolute Gasteiger partial charge is 0.0257 e. The van der Waals surface area contributed by atoms with Gasteiger partial charge in [0.05, 0.1) is 0 Å². The summed E-state index contributed by atoms with van der Waals surface area (Å²) in [5, 5.41) is 3.17. The molecule has 2 atom stereocenters. The molecule has 1 saturated carbocycles. The molecular formula is C7H17N3. The van der Waals surface area contributed by atoms with Crippen LogP contribution in [0, 0.1) is 5.92 Å². The van der Waals surface area contributed by atoms with Crippen molar-refractivity contribution < 1.29 is 0 Å². The highest BCUT2D eigenvalue weighted by Crippen LogP contribution is 2.28. The lowest BCUT2D eigenvalue weighted by atomic mass is 10.4. The van der Waals surface area contributed by atoms with Crippen LogP contribution in [0.25, 0.3) is 0 Å². The lowest BCUT2D eigenvalue weighted by molar-refractivity contribution is 0.516. The molecule has 60 valence electrons. The predicted molar refractivity (Wildman–Crippen MR) is 42.6 cm³/mol. The Balaban J connectivity index is 1.92. The van der Waals surface area contributed by atoms with E-state index in [1.165, 1.54) is 6.42 Å². The largest absolute Gasteiger partial charge is 0.319 e. The van der Waals surface area contributed by atoms with E-state index in [2.05, 4.69) is 23.1 Å². The summed E-state index contributed by atoms with van der Waals surface area (Å²) in [5.74, 6) is 0.851. The fourth-order valence-electron chi connectivity index (χ4n) is 1.15. The first kappa shape index (κ1) is 7.98. The van der Waals surface area contributed by atoms with Crippen molar-refractivity contribution in [3.05, 3.63) is 0 Å². The van der Waals surface area contributed by atoms with Gasteiger partial charge in [-0.15, -0.1) is 0 Å². The highest BCUT2D eigenvalue weighted by molar-refractivity contribution is 4.92. The van der Waals surface area contributed by atoms with Crippen LogP contribution in [0.15, 0.2) is 0 Å². The zero-order valence-corrected chi connectivity index (χ0v) is 6.78. The van der Waals surface area contributed by atoms with Crippen molar-refractivity contribution in [3.63, 3.8) is 0 Å². The van der Waals surface area contributed by atoms with Gasteiger partial charge in [0.2, 0.25) is 0 Å². The summed E-state index contributed by atoms with van der Waals surface area (Å²) < 4.78 is 0. The Morgan fingerprint density at radius 2 is 2.30 bits per heavy atom. The first-order valence-corrected chi connectivity index (χ1v) is 4.01. The lowest BCUT2D eigenvalue weighted by Gasteiger charge is -2.02. The Morgan fingerprint density at radius 3 is 2.90 bits per heavy atom. The van der Waals surface area contributed by atoms with E-state index < -0.39 is 0 Å². The van der Waals surface area contributed by atoms with Gasteiger partial charge in [0, 0.05) is 12.6 Å². The molecule has 0 aromatic heterocycles. The minimum Gasteiger partial charge on any atom is -0.319 e. The second-order valence-corrected chi connectivity index (χ2v) is 2.83. The molecule has 0 spiro atoms. The highest BCUT2D eigenvalue weighted by Gasteiger charge is 2.35. The van der Waals surface area contributed by atoms with Crippen LogP contribution in [0.3, 0.4) is 0 Å². The second-order valence-electron chi connectivity index (χ2n) is 2.83. The Hall–Kier alpha value is -0.120. The minimum absolute atomic E-state index is 0.715. The molecule has 0 heterocycles. The van der Waals surface area contributed by atoms with Crippen molar-refractivity contribution in [2.24, 2.45) is 5.92 Å². The molecule has 1 rings (SSSR count). The Morgan fingerprint density at radius 1 is 1.50 bits per heavy atom. The van der Waals surface area contributed by atoms with Crippen LogP contribution in [0.4, 0.5) is 0 Å². The van der Waals surface area contributed by atoms with Gasteiger partial charge in [-0.25, -0.2) is 0 Å². The molecule has 3 heteroatoms. The third kappa shape index (κ3) is 2.25. The molecule has 0 aromatic carbocycles. The maximum Gasteiger partial charge on any atom is 0.0257 e. The van der Waals surface area contributed by atoms with Gasteiger partial charge in [-0.05, 0) is 25.9 Å². The standard InChI is InChI=1S/C7H17N3/c1-3-9-10-7-4-6(7)5-8-2/h6-10H,3-5H2,1-2H3. The van der Waals surface area contributed by atoms with Crippen molar-refractivity contribution >= 4 is 0 Å². The maximum atomic E-state index is 3.25. The quantitative estimate of drug-likeness (QED) is 0.463. The van der Waals surface area contributed by atoms with E-state index in [0.29, 0.717) is 6.04 Å². The summed E-state index contributed by atoms with van der Waals surface area (Å²) in [6.07, 6.45) is 1.31. The Bertz CT molecular complexity index is 94.9. The van der Waals surface area contributed by atoms with Crippen LogP contribution >= 0.6 is 0 Å². The third-order valence-electron chi connectivity index (χ3n) is 1.85. The van der Waals surface area contributed by atoms with E-state index in [1.807, 2.05) is 7.05 Å².